The van der Waals surface area contributed by atoms with Crippen LogP contribution < -0.4 is 11.5 Å². The highest BCUT2D eigenvalue weighted by molar-refractivity contribution is 5.68. The predicted octanol–water partition coefficient (Wildman–Crippen LogP) is 4.10. The SMILES string of the molecule is CC1(C)[C@@H]2C[C@@H](CN3CCC(c4cccc(N)c4N)CC3)C[C@H]1C2. The van der Waals surface area contributed by atoms with E-state index in [9.17, 15) is 0 Å². The van der Waals surface area contributed by atoms with Gasteiger partial charge >= 0.3 is 0 Å². The Labute approximate surface area is 146 Å². The second kappa shape index (κ2) is 5.94. The van der Waals surface area contributed by atoms with Gasteiger partial charge in [-0.3, -0.25) is 0 Å². The Hall–Kier alpha value is -1.22. The maximum atomic E-state index is 6.20. The molecule has 4 fully saturated rings. The molecule has 4 aliphatic rings. The van der Waals surface area contributed by atoms with Gasteiger partial charge < -0.3 is 16.4 Å². The third-order valence-electron chi connectivity index (χ3n) is 7.63. The quantitative estimate of drug-likeness (QED) is 0.822. The Kier molecular flexibility index (Phi) is 4.03. The average Bonchev–Trinajstić information content (AvgIpc) is 2.58. The monoisotopic (exact) mass is 327 g/mol. The number of para-hydroxylation sites is 1. The fourth-order valence-electron chi connectivity index (χ4n) is 5.72. The van der Waals surface area contributed by atoms with Crippen LogP contribution in [-0.4, -0.2) is 24.5 Å². The van der Waals surface area contributed by atoms with Crippen LogP contribution in [0, 0.1) is 23.2 Å². The first-order chi connectivity index (χ1) is 11.4. The molecule has 3 heteroatoms. The van der Waals surface area contributed by atoms with Gasteiger partial charge in [0.25, 0.3) is 0 Å². The molecule has 3 saturated carbocycles. The van der Waals surface area contributed by atoms with Gasteiger partial charge in [-0.15, -0.1) is 0 Å². The summed E-state index contributed by atoms with van der Waals surface area (Å²) >= 11 is 0. The molecule has 5 rings (SSSR count). The first kappa shape index (κ1) is 16.3. The van der Waals surface area contributed by atoms with E-state index in [-0.39, 0.29) is 0 Å². The molecule has 0 spiro atoms. The average molecular weight is 328 g/mol. The molecule has 3 atom stereocenters. The van der Waals surface area contributed by atoms with Gasteiger partial charge in [0.15, 0.2) is 0 Å². The van der Waals surface area contributed by atoms with Crippen LogP contribution in [-0.2, 0) is 0 Å². The molecule has 2 bridgehead atoms. The summed E-state index contributed by atoms with van der Waals surface area (Å²) in [6.45, 7) is 8.73. The molecule has 1 aromatic carbocycles. The summed E-state index contributed by atoms with van der Waals surface area (Å²) in [5, 5.41) is 0. The van der Waals surface area contributed by atoms with Crippen molar-refractivity contribution in [2.24, 2.45) is 23.2 Å². The minimum Gasteiger partial charge on any atom is -0.397 e. The zero-order valence-corrected chi connectivity index (χ0v) is 15.3. The molecule has 0 amide bonds. The maximum absolute atomic E-state index is 6.20. The van der Waals surface area contributed by atoms with Crippen molar-refractivity contribution in [2.75, 3.05) is 31.1 Å². The number of hydrogen-bond acceptors (Lipinski definition) is 3. The molecule has 3 nitrogen and oxygen atoms in total. The summed E-state index contributed by atoms with van der Waals surface area (Å²) in [6, 6.07) is 6.12. The molecule has 1 heterocycles. The van der Waals surface area contributed by atoms with E-state index < -0.39 is 0 Å². The van der Waals surface area contributed by atoms with E-state index in [4.69, 9.17) is 11.5 Å². The zero-order chi connectivity index (χ0) is 16.9. The van der Waals surface area contributed by atoms with Crippen LogP contribution in [0.25, 0.3) is 0 Å². The van der Waals surface area contributed by atoms with Crippen molar-refractivity contribution in [2.45, 2.75) is 51.9 Å². The van der Waals surface area contributed by atoms with Crippen molar-refractivity contribution in [1.82, 2.24) is 4.90 Å². The number of rotatable bonds is 3. The predicted molar refractivity (Wildman–Crippen MR) is 102 cm³/mol. The van der Waals surface area contributed by atoms with Crippen molar-refractivity contribution < 1.29 is 0 Å². The number of anilines is 2. The van der Waals surface area contributed by atoms with Gasteiger partial charge in [-0.1, -0.05) is 26.0 Å². The summed E-state index contributed by atoms with van der Waals surface area (Å²) in [5.74, 6) is 3.51. The molecule has 1 saturated heterocycles. The van der Waals surface area contributed by atoms with Crippen molar-refractivity contribution in [3.05, 3.63) is 23.8 Å². The van der Waals surface area contributed by atoms with Gasteiger partial charge in [0.05, 0.1) is 11.4 Å². The lowest BCUT2D eigenvalue weighted by Gasteiger charge is -2.59. The van der Waals surface area contributed by atoms with Crippen molar-refractivity contribution in [1.29, 1.82) is 0 Å². The van der Waals surface area contributed by atoms with E-state index in [1.165, 1.54) is 57.3 Å². The number of nitrogens with zero attached hydrogens (tertiary/aromatic N) is 1. The minimum absolute atomic E-state index is 0.587. The van der Waals surface area contributed by atoms with Crippen LogP contribution in [0.4, 0.5) is 11.4 Å². The van der Waals surface area contributed by atoms with E-state index in [0.717, 1.165) is 29.1 Å². The minimum atomic E-state index is 0.587. The number of fused-ring (bicyclic) bond motifs is 2. The van der Waals surface area contributed by atoms with Gasteiger partial charge in [-0.2, -0.15) is 0 Å². The van der Waals surface area contributed by atoms with E-state index >= 15 is 0 Å². The normalized spacial score (nSPS) is 33.2. The third kappa shape index (κ3) is 2.71. The van der Waals surface area contributed by atoms with Crippen molar-refractivity contribution in [3.8, 4) is 0 Å². The summed E-state index contributed by atoms with van der Waals surface area (Å²) in [5.41, 5.74) is 15.6. The lowest BCUT2D eigenvalue weighted by atomic mass is 9.47. The van der Waals surface area contributed by atoms with Gasteiger partial charge in [0, 0.05) is 6.54 Å². The summed E-state index contributed by atoms with van der Waals surface area (Å²) < 4.78 is 0. The standard InChI is InChI=1S/C21H33N3/c1-21(2)16-10-14(11-17(21)12-16)13-24-8-6-15(7-9-24)18-4-3-5-19(22)20(18)23/h3-5,14-17H,6-13,22-23H2,1-2H3/t14-,16-,17+. The molecule has 1 aromatic rings. The molecular weight excluding hydrogens is 294 g/mol. The highest BCUT2D eigenvalue weighted by atomic mass is 15.1. The smallest absolute Gasteiger partial charge is 0.0583 e. The molecule has 0 aromatic heterocycles. The van der Waals surface area contributed by atoms with Crippen molar-refractivity contribution >= 4 is 11.4 Å². The zero-order valence-electron chi connectivity index (χ0n) is 15.3. The van der Waals surface area contributed by atoms with E-state index in [0.29, 0.717) is 11.3 Å². The molecular formula is C21H33N3. The number of nitrogen functional groups attached to an aromatic ring is 2. The number of hydrogen-bond donors (Lipinski definition) is 2. The molecule has 0 radical (unpaired) electrons. The van der Waals surface area contributed by atoms with Crippen LogP contribution in [0.2, 0.25) is 0 Å². The lowest BCUT2D eigenvalue weighted by Crippen LogP contribution is -2.52. The molecule has 4 N–H and O–H groups in total. The molecule has 132 valence electrons. The largest absolute Gasteiger partial charge is 0.397 e. The Morgan fingerprint density at radius 2 is 1.71 bits per heavy atom. The van der Waals surface area contributed by atoms with Gasteiger partial charge in [0.1, 0.15) is 0 Å². The Morgan fingerprint density at radius 1 is 1.04 bits per heavy atom. The third-order valence-corrected chi connectivity index (χ3v) is 7.63. The van der Waals surface area contributed by atoms with E-state index in [1.807, 2.05) is 12.1 Å². The van der Waals surface area contributed by atoms with Crippen LogP contribution in [0.1, 0.15) is 57.4 Å². The lowest BCUT2D eigenvalue weighted by molar-refractivity contribution is -0.0951. The number of likely N-dealkylation sites (tertiary alicyclic amines) is 1. The molecule has 24 heavy (non-hydrogen) atoms. The fourth-order valence-corrected chi connectivity index (χ4v) is 5.72. The Balaban J connectivity index is 1.30. The fraction of sp³-hybridized carbons (Fsp3) is 0.714. The maximum Gasteiger partial charge on any atom is 0.0583 e. The topological polar surface area (TPSA) is 55.3 Å². The van der Waals surface area contributed by atoms with E-state index in [1.54, 1.807) is 0 Å². The number of piperidine rings is 1. The first-order valence-electron chi connectivity index (χ1n) is 9.81. The highest BCUT2D eigenvalue weighted by Gasteiger charge is 2.52. The molecule has 1 aliphatic heterocycles. The number of benzene rings is 1. The summed E-state index contributed by atoms with van der Waals surface area (Å²) in [6.07, 6.45) is 6.87. The van der Waals surface area contributed by atoms with Crippen molar-refractivity contribution in [3.63, 3.8) is 0 Å². The van der Waals surface area contributed by atoms with Gasteiger partial charge in [-0.05, 0) is 85.9 Å². The van der Waals surface area contributed by atoms with Gasteiger partial charge in [0.2, 0.25) is 0 Å². The van der Waals surface area contributed by atoms with Crippen LogP contribution in [0.3, 0.4) is 0 Å². The Bertz CT molecular complexity index is 587. The van der Waals surface area contributed by atoms with Crippen LogP contribution in [0.5, 0.6) is 0 Å². The molecule has 0 unspecified atom stereocenters. The second-order valence-electron chi connectivity index (χ2n) is 9.21. The highest BCUT2D eigenvalue weighted by Crippen LogP contribution is 2.60. The first-order valence-corrected chi connectivity index (χ1v) is 9.81. The summed E-state index contributed by atoms with van der Waals surface area (Å²) in [4.78, 5) is 2.71. The summed E-state index contributed by atoms with van der Waals surface area (Å²) in [7, 11) is 0. The molecule has 3 aliphatic carbocycles. The van der Waals surface area contributed by atoms with Crippen LogP contribution in [0.15, 0.2) is 18.2 Å². The van der Waals surface area contributed by atoms with E-state index in [2.05, 4.69) is 24.8 Å². The Morgan fingerprint density at radius 3 is 2.33 bits per heavy atom. The second-order valence-corrected chi connectivity index (χ2v) is 9.21. The van der Waals surface area contributed by atoms with Gasteiger partial charge in [-0.25, -0.2) is 0 Å². The number of nitrogens with two attached hydrogens (primary N) is 2. The van der Waals surface area contributed by atoms with Crippen LogP contribution >= 0.6 is 0 Å².